The van der Waals surface area contributed by atoms with Crippen LogP contribution in [0.3, 0.4) is 0 Å². The smallest absolute Gasteiger partial charge is 0.0979 e. The van der Waals surface area contributed by atoms with Crippen LogP contribution in [0.4, 0.5) is 0 Å². The van der Waals surface area contributed by atoms with Gasteiger partial charge in [-0.25, -0.2) is 4.98 Å². The van der Waals surface area contributed by atoms with Crippen LogP contribution in [0, 0.1) is 0 Å². The lowest BCUT2D eigenvalue weighted by Gasteiger charge is -2.02. The molecule has 4 nitrogen and oxygen atoms in total. The van der Waals surface area contributed by atoms with Crippen molar-refractivity contribution in [3.8, 4) is 11.3 Å². The van der Waals surface area contributed by atoms with Gasteiger partial charge < -0.3 is 9.90 Å². The van der Waals surface area contributed by atoms with Crippen LogP contribution in [0.5, 0.6) is 0 Å². The number of hydrogen-bond acceptors (Lipinski definition) is 5. The summed E-state index contributed by atoms with van der Waals surface area (Å²) in [7, 11) is 0. The monoisotopic (exact) mass is 309 g/mol. The highest BCUT2D eigenvalue weighted by Crippen LogP contribution is 2.29. The number of pyridine rings is 1. The van der Waals surface area contributed by atoms with Crippen LogP contribution in [0.1, 0.15) is 15.4 Å². The number of carbonyl (C=O) groups excluding carboxylic acids is 1. The van der Waals surface area contributed by atoms with Crippen LogP contribution in [0.15, 0.2) is 54.9 Å². The van der Waals surface area contributed by atoms with Crippen molar-refractivity contribution in [1.29, 1.82) is 0 Å². The number of carboxylic acids is 1. The molecular formula is C17H13N2O2S-. The highest BCUT2D eigenvalue weighted by Gasteiger charge is 2.13. The summed E-state index contributed by atoms with van der Waals surface area (Å²) in [5.74, 6) is -1.09. The Balaban J connectivity index is 1.96. The molecule has 0 amide bonds. The van der Waals surface area contributed by atoms with Crippen LogP contribution in [0.25, 0.3) is 11.3 Å². The molecule has 0 unspecified atom stereocenters. The molecule has 0 aliphatic heterocycles. The summed E-state index contributed by atoms with van der Waals surface area (Å²) in [5, 5.41) is 11.9. The quantitative estimate of drug-likeness (QED) is 0.724. The topological polar surface area (TPSA) is 65.9 Å². The number of aliphatic carboxylic acids is 1. The van der Waals surface area contributed by atoms with Gasteiger partial charge in [0.2, 0.25) is 0 Å². The third-order valence-electron chi connectivity index (χ3n) is 3.20. The van der Waals surface area contributed by atoms with Crippen LogP contribution < -0.4 is 5.11 Å². The van der Waals surface area contributed by atoms with Gasteiger partial charge in [-0.1, -0.05) is 30.3 Å². The van der Waals surface area contributed by atoms with Gasteiger partial charge in [0, 0.05) is 41.6 Å². The van der Waals surface area contributed by atoms with Gasteiger partial charge in [0.1, 0.15) is 0 Å². The second-order valence-electron chi connectivity index (χ2n) is 4.83. The Morgan fingerprint density at radius 2 is 1.82 bits per heavy atom. The van der Waals surface area contributed by atoms with Crippen molar-refractivity contribution in [3.05, 3.63) is 70.3 Å². The predicted molar refractivity (Wildman–Crippen MR) is 83.3 cm³/mol. The van der Waals surface area contributed by atoms with Crippen LogP contribution in [-0.2, 0) is 17.6 Å². The Kier molecular flexibility index (Phi) is 4.25. The van der Waals surface area contributed by atoms with Crippen LogP contribution in [-0.4, -0.2) is 15.9 Å². The average molecular weight is 309 g/mol. The lowest BCUT2D eigenvalue weighted by atomic mass is 10.1. The Morgan fingerprint density at radius 3 is 2.50 bits per heavy atom. The number of thiazole rings is 1. The average Bonchev–Trinajstić information content (AvgIpc) is 2.91. The standard InChI is InChI=1S/C17H14N2O2S/c20-16(21)11-14-17(13-6-8-18-9-7-13)19-15(22-14)10-12-4-2-1-3-5-12/h1-9H,10-11H2,(H,20,21)/p-1. The Morgan fingerprint density at radius 1 is 1.09 bits per heavy atom. The first kappa shape index (κ1) is 14.4. The fourth-order valence-electron chi connectivity index (χ4n) is 2.23. The van der Waals surface area contributed by atoms with E-state index >= 15 is 0 Å². The maximum Gasteiger partial charge on any atom is 0.0979 e. The molecule has 0 fully saturated rings. The van der Waals surface area contributed by atoms with Crippen molar-refractivity contribution in [2.24, 2.45) is 0 Å². The number of nitrogens with zero attached hydrogens (tertiary/aromatic N) is 2. The first-order valence-corrected chi connectivity index (χ1v) is 7.67. The molecule has 0 saturated heterocycles. The Bertz CT molecular complexity index is 770. The summed E-state index contributed by atoms with van der Waals surface area (Å²) >= 11 is 1.43. The molecule has 5 heteroatoms. The SMILES string of the molecule is O=C([O-])Cc1sc(Cc2ccccc2)nc1-c1ccncc1. The van der Waals surface area contributed by atoms with Gasteiger partial charge in [0.05, 0.1) is 10.7 Å². The van der Waals surface area contributed by atoms with E-state index in [0.717, 1.165) is 21.0 Å². The van der Waals surface area contributed by atoms with Crippen LogP contribution in [0.2, 0.25) is 0 Å². The van der Waals surface area contributed by atoms with E-state index in [9.17, 15) is 9.90 Å². The van der Waals surface area contributed by atoms with Gasteiger partial charge in [-0.15, -0.1) is 11.3 Å². The third-order valence-corrected chi connectivity index (χ3v) is 4.25. The van der Waals surface area contributed by atoms with Crippen molar-refractivity contribution in [2.75, 3.05) is 0 Å². The van der Waals surface area contributed by atoms with E-state index in [1.54, 1.807) is 12.4 Å². The fourth-order valence-corrected chi connectivity index (χ4v) is 3.34. The maximum atomic E-state index is 11.0. The molecule has 0 aliphatic rings. The van der Waals surface area contributed by atoms with E-state index in [4.69, 9.17) is 0 Å². The molecule has 0 saturated carbocycles. The molecule has 0 bridgehead atoms. The number of hydrogen-bond donors (Lipinski definition) is 0. The number of benzene rings is 1. The highest BCUT2D eigenvalue weighted by molar-refractivity contribution is 7.12. The molecule has 0 N–H and O–H groups in total. The van der Waals surface area contributed by atoms with Crippen LogP contribution >= 0.6 is 11.3 Å². The zero-order valence-electron chi connectivity index (χ0n) is 11.7. The molecule has 2 aromatic heterocycles. The number of carboxylic acid groups (broad SMARTS) is 1. The highest BCUT2D eigenvalue weighted by atomic mass is 32.1. The van der Waals surface area contributed by atoms with E-state index in [1.807, 2.05) is 42.5 Å². The van der Waals surface area contributed by atoms with Crippen molar-refractivity contribution < 1.29 is 9.90 Å². The predicted octanol–water partition coefficient (Wildman–Crippen LogP) is 2.09. The Labute approximate surface area is 132 Å². The van der Waals surface area contributed by atoms with E-state index in [2.05, 4.69) is 9.97 Å². The second kappa shape index (κ2) is 6.49. The molecule has 1 aromatic carbocycles. The van der Waals surface area contributed by atoms with Crippen molar-refractivity contribution in [1.82, 2.24) is 9.97 Å². The molecular weight excluding hydrogens is 296 g/mol. The fraction of sp³-hybridized carbons (Fsp3) is 0.118. The van der Waals surface area contributed by atoms with Gasteiger partial charge in [-0.3, -0.25) is 4.98 Å². The van der Waals surface area contributed by atoms with E-state index in [-0.39, 0.29) is 6.42 Å². The summed E-state index contributed by atoms with van der Waals surface area (Å²) in [4.78, 5) is 20.3. The molecule has 110 valence electrons. The van der Waals surface area contributed by atoms with Gasteiger partial charge in [0.25, 0.3) is 0 Å². The molecule has 0 radical (unpaired) electrons. The zero-order chi connectivity index (χ0) is 15.4. The minimum Gasteiger partial charge on any atom is -0.550 e. The molecule has 2 heterocycles. The lowest BCUT2D eigenvalue weighted by Crippen LogP contribution is -2.24. The maximum absolute atomic E-state index is 11.0. The first-order chi connectivity index (χ1) is 10.7. The second-order valence-corrected chi connectivity index (χ2v) is 5.99. The molecule has 22 heavy (non-hydrogen) atoms. The van der Waals surface area contributed by atoms with Gasteiger partial charge in [-0.05, 0) is 17.7 Å². The number of aromatic nitrogens is 2. The van der Waals surface area contributed by atoms with Gasteiger partial charge in [0.15, 0.2) is 0 Å². The largest absolute Gasteiger partial charge is 0.550 e. The zero-order valence-corrected chi connectivity index (χ0v) is 12.5. The minimum absolute atomic E-state index is 0.121. The van der Waals surface area contributed by atoms with E-state index < -0.39 is 5.97 Å². The summed E-state index contributed by atoms with van der Waals surface area (Å²) in [6, 6.07) is 13.7. The molecule has 0 atom stereocenters. The Hall–Kier alpha value is -2.53. The summed E-state index contributed by atoms with van der Waals surface area (Å²) in [6.45, 7) is 0. The normalized spacial score (nSPS) is 10.5. The molecule has 3 rings (SSSR count). The van der Waals surface area contributed by atoms with E-state index in [0.29, 0.717) is 12.1 Å². The third kappa shape index (κ3) is 3.38. The first-order valence-electron chi connectivity index (χ1n) is 6.85. The summed E-state index contributed by atoms with van der Waals surface area (Å²) in [6.07, 6.45) is 3.92. The summed E-state index contributed by atoms with van der Waals surface area (Å²) in [5.41, 5.74) is 2.74. The molecule has 3 aromatic rings. The van der Waals surface area contributed by atoms with Gasteiger partial charge >= 0.3 is 0 Å². The number of rotatable bonds is 5. The molecule has 0 aliphatic carbocycles. The minimum atomic E-state index is -1.09. The molecule has 0 spiro atoms. The number of carbonyl (C=O) groups is 1. The summed E-state index contributed by atoms with van der Waals surface area (Å²) < 4.78 is 0. The van der Waals surface area contributed by atoms with E-state index in [1.165, 1.54) is 11.3 Å². The van der Waals surface area contributed by atoms with Gasteiger partial charge in [-0.2, -0.15) is 0 Å². The van der Waals surface area contributed by atoms with Crippen molar-refractivity contribution >= 4 is 17.3 Å². The lowest BCUT2D eigenvalue weighted by molar-refractivity contribution is -0.304. The van der Waals surface area contributed by atoms with Crippen molar-refractivity contribution in [3.63, 3.8) is 0 Å². The van der Waals surface area contributed by atoms with Crippen molar-refractivity contribution in [2.45, 2.75) is 12.8 Å².